The number of likely N-dealkylation sites (tertiary alicyclic amines) is 1. The zero-order valence-electron chi connectivity index (χ0n) is 22.9. The Morgan fingerprint density at radius 3 is 2.59 bits per heavy atom. The van der Waals surface area contributed by atoms with E-state index < -0.39 is 5.67 Å². The minimum Gasteiger partial charge on any atom is -0.365 e. The Balaban J connectivity index is 1.18. The molecule has 1 aliphatic rings. The molecule has 4 nitrogen and oxygen atoms in total. The van der Waals surface area contributed by atoms with Crippen molar-refractivity contribution < 1.29 is 4.39 Å². The van der Waals surface area contributed by atoms with E-state index in [1.807, 2.05) is 25.1 Å². The van der Waals surface area contributed by atoms with Gasteiger partial charge < -0.3 is 5.32 Å². The summed E-state index contributed by atoms with van der Waals surface area (Å²) in [6, 6.07) is 14.5. The van der Waals surface area contributed by atoms with Gasteiger partial charge >= 0.3 is 0 Å². The van der Waals surface area contributed by atoms with Crippen molar-refractivity contribution in [2.75, 3.05) is 25.0 Å². The molecule has 1 fully saturated rings. The Labute approximate surface area is 223 Å². The summed E-state index contributed by atoms with van der Waals surface area (Å²) < 4.78 is 14.4. The van der Waals surface area contributed by atoms with Crippen LogP contribution < -0.4 is 10.8 Å². The van der Waals surface area contributed by atoms with Crippen LogP contribution in [0.3, 0.4) is 0 Å². The first-order chi connectivity index (χ1) is 17.8. The number of anilines is 1. The van der Waals surface area contributed by atoms with Gasteiger partial charge in [-0.3, -0.25) is 4.90 Å². The molecule has 0 amide bonds. The van der Waals surface area contributed by atoms with Crippen LogP contribution in [0.1, 0.15) is 75.7 Å². The highest BCUT2D eigenvalue weighted by Gasteiger charge is 2.33. The van der Waals surface area contributed by atoms with Gasteiger partial charge in [0.15, 0.2) is 0 Å². The molecule has 196 valence electrons. The SMILES string of the molecule is [B]c1cccc(CNc2nc(C)nc3cc(CCCCCCCCN4CC(C)CC(C)(F)C4)ccc23)c1. The van der Waals surface area contributed by atoms with Crippen LogP contribution in [0.15, 0.2) is 42.5 Å². The quantitative estimate of drug-likeness (QED) is 0.234. The average Bonchev–Trinajstić information content (AvgIpc) is 2.82. The highest BCUT2D eigenvalue weighted by atomic mass is 19.1. The maximum absolute atomic E-state index is 14.4. The fourth-order valence-electron chi connectivity index (χ4n) is 5.84. The minimum atomic E-state index is -1.01. The van der Waals surface area contributed by atoms with Crippen LogP contribution in [0.4, 0.5) is 10.2 Å². The second kappa shape index (κ2) is 12.9. The molecule has 1 aliphatic heterocycles. The zero-order chi connectivity index (χ0) is 26.3. The first kappa shape index (κ1) is 27.6. The maximum atomic E-state index is 14.4. The highest BCUT2D eigenvalue weighted by Crippen LogP contribution is 2.28. The molecule has 0 saturated carbocycles. The standard InChI is InChI=1S/C31H42BFN4/c1-23-19-31(3,33)22-37(21-23)16-9-7-5-4-6-8-11-25-14-15-28-29(18-25)35-24(2)36-30(28)34-20-26-12-10-13-27(32)17-26/h10,12-15,17-18,23H,4-9,11,16,19-22H2,1-3H3,(H,34,35,36). The molecule has 3 aromatic rings. The smallest absolute Gasteiger partial charge is 0.137 e. The number of fused-ring (bicyclic) bond motifs is 1. The van der Waals surface area contributed by atoms with Crippen LogP contribution in [0.25, 0.3) is 10.9 Å². The van der Waals surface area contributed by atoms with Crippen molar-refractivity contribution in [1.29, 1.82) is 0 Å². The topological polar surface area (TPSA) is 41.1 Å². The highest BCUT2D eigenvalue weighted by molar-refractivity contribution is 6.32. The van der Waals surface area contributed by atoms with E-state index in [1.165, 1.54) is 44.1 Å². The van der Waals surface area contributed by atoms with E-state index in [9.17, 15) is 4.39 Å². The van der Waals surface area contributed by atoms with Gasteiger partial charge in [-0.15, -0.1) is 0 Å². The van der Waals surface area contributed by atoms with Crippen molar-refractivity contribution in [3.8, 4) is 0 Å². The van der Waals surface area contributed by atoms with Gasteiger partial charge in [0.25, 0.3) is 0 Å². The van der Waals surface area contributed by atoms with Crippen LogP contribution in [0, 0.1) is 12.8 Å². The van der Waals surface area contributed by atoms with E-state index in [4.69, 9.17) is 12.8 Å². The lowest BCUT2D eigenvalue weighted by Gasteiger charge is -2.38. The number of aryl methyl sites for hydroxylation is 2. The Hall–Kier alpha value is -2.47. The molecular weight excluding hydrogens is 458 g/mol. The number of nitrogens with one attached hydrogen (secondary N) is 1. The molecule has 2 unspecified atom stereocenters. The Kier molecular flexibility index (Phi) is 9.58. The summed E-state index contributed by atoms with van der Waals surface area (Å²) in [7, 11) is 5.91. The third kappa shape index (κ3) is 8.53. The number of benzene rings is 2. The van der Waals surface area contributed by atoms with E-state index >= 15 is 0 Å². The molecule has 1 N–H and O–H groups in total. The Bertz CT molecular complexity index is 1170. The molecule has 1 aromatic heterocycles. The molecule has 0 spiro atoms. The molecule has 2 heterocycles. The number of nitrogens with zero attached hydrogens (tertiary/aromatic N) is 3. The predicted molar refractivity (Wildman–Crippen MR) is 155 cm³/mol. The van der Waals surface area contributed by atoms with Crippen LogP contribution in [0.2, 0.25) is 0 Å². The summed E-state index contributed by atoms with van der Waals surface area (Å²) in [5.41, 5.74) is 3.22. The van der Waals surface area contributed by atoms with Gasteiger partial charge in [0.2, 0.25) is 0 Å². The normalized spacial score (nSPS) is 20.4. The van der Waals surface area contributed by atoms with E-state index in [2.05, 4.69) is 46.4 Å². The molecular formula is C31H42BFN4. The molecule has 6 heteroatoms. The van der Waals surface area contributed by atoms with Gasteiger partial charge in [0, 0.05) is 25.0 Å². The number of hydrogen-bond acceptors (Lipinski definition) is 4. The molecule has 0 aliphatic carbocycles. The van der Waals surface area contributed by atoms with Gasteiger partial charge in [-0.1, -0.05) is 68.4 Å². The largest absolute Gasteiger partial charge is 0.365 e. The Morgan fingerprint density at radius 1 is 1.03 bits per heavy atom. The Morgan fingerprint density at radius 2 is 1.81 bits per heavy atom. The number of alkyl halides is 1. The summed E-state index contributed by atoms with van der Waals surface area (Å²) in [6.45, 7) is 9.25. The summed E-state index contributed by atoms with van der Waals surface area (Å²) in [6.07, 6.45) is 9.18. The van der Waals surface area contributed by atoms with Crippen LogP contribution in [0.5, 0.6) is 0 Å². The lowest BCUT2D eigenvalue weighted by Crippen LogP contribution is -2.47. The molecule has 0 bridgehead atoms. The fourth-order valence-corrected chi connectivity index (χ4v) is 5.84. The van der Waals surface area contributed by atoms with Crippen LogP contribution in [-0.2, 0) is 13.0 Å². The van der Waals surface area contributed by atoms with Gasteiger partial charge in [-0.05, 0) is 75.3 Å². The van der Waals surface area contributed by atoms with E-state index in [-0.39, 0.29) is 0 Å². The average molecular weight is 501 g/mol. The third-order valence-electron chi connectivity index (χ3n) is 7.37. The van der Waals surface area contributed by atoms with Crippen molar-refractivity contribution in [2.45, 2.75) is 84.4 Å². The first-order valence-corrected chi connectivity index (χ1v) is 14.0. The van der Waals surface area contributed by atoms with E-state index in [0.717, 1.165) is 53.1 Å². The van der Waals surface area contributed by atoms with Gasteiger partial charge in [0.05, 0.1) is 5.52 Å². The lowest BCUT2D eigenvalue weighted by molar-refractivity contribution is 0.0314. The van der Waals surface area contributed by atoms with Crippen molar-refractivity contribution in [3.63, 3.8) is 0 Å². The van der Waals surface area contributed by atoms with Crippen LogP contribution >= 0.6 is 0 Å². The summed E-state index contributed by atoms with van der Waals surface area (Å²) in [4.78, 5) is 11.7. The van der Waals surface area contributed by atoms with Crippen molar-refractivity contribution >= 4 is 30.0 Å². The van der Waals surface area contributed by atoms with Gasteiger partial charge in [-0.25, -0.2) is 14.4 Å². The van der Waals surface area contributed by atoms with Crippen LogP contribution in [-0.4, -0.2) is 48.0 Å². The van der Waals surface area contributed by atoms with E-state index in [1.54, 1.807) is 6.92 Å². The monoisotopic (exact) mass is 500 g/mol. The number of hydrogen-bond donors (Lipinski definition) is 1. The maximum Gasteiger partial charge on any atom is 0.137 e. The molecule has 2 atom stereocenters. The fraction of sp³-hybridized carbons (Fsp3) is 0.548. The second-order valence-electron chi connectivity index (χ2n) is 11.4. The molecule has 1 saturated heterocycles. The minimum absolute atomic E-state index is 0.464. The number of halogens is 1. The third-order valence-corrected chi connectivity index (χ3v) is 7.37. The number of rotatable bonds is 12. The summed E-state index contributed by atoms with van der Waals surface area (Å²) in [5.74, 6) is 2.10. The lowest BCUT2D eigenvalue weighted by atomic mass is 9.89. The summed E-state index contributed by atoms with van der Waals surface area (Å²) >= 11 is 0. The number of piperidine rings is 1. The van der Waals surface area contributed by atoms with Gasteiger partial charge in [-0.2, -0.15) is 0 Å². The predicted octanol–water partition coefficient (Wildman–Crippen LogP) is 6.30. The molecule has 2 aromatic carbocycles. The zero-order valence-corrected chi connectivity index (χ0v) is 22.9. The van der Waals surface area contributed by atoms with E-state index in [0.29, 0.717) is 25.4 Å². The van der Waals surface area contributed by atoms with Crippen molar-refractivity contribution in [3.05, 3.63) is 59.4 Å². The number of unbranched alkanes of at least 4 members (excludes halogenated alkanes) is 5. The summed E-state index contributed by atoms with van der Waals surface area (Å²) in [5, 5.41) is 4.52. The second-order valence-corrected chi connectivity index (χ2v) is 11.4. The molecule has 4 rings (SSSR count). The first-order valence-electron chi connectivity index (χ1n) is 14.0. The number of aromatic nitrogens is 2. The molecule has 2 radical (unpaired) electrons. The van der Waals surface area contributed by atoms with Gasteiger partial charge in [0.1, 0.15) is 25.2 Å². The van der Waals surface area contributed by atoms with Crippen molar-refractivity contribution in [2.24, 2.45) is 5.92 Å². The molecule has 37 heavy (non-hydrogen) atoms. The van der Waals surface area contributed by atoms with Crippen molar-refractivity contribution in [1.82, 2.24) is 14.9 Å².